The van der Waals surface area contributed by atoms with Crippen molar-refractivity contribution in [2.45, 2.75) is 19.4 Å². The number of aromatic nitrogens is 3. The number of benzene rings is 1. The van der Waals surface area contributed by atoms with Gasteiger partial charge in [0.1, 0.15) is 12.1 Å². The number of hydrogen-bond acceptors (Lipinski definition) is 4. The zero-order chi connectivity index (χ0) is 17.1. The Morgan fingerprint density at radius 3 is 2.48 bits per heavy atom. The molecule has 0 saturated heterocycles. The van der Waals surface area contributed by atoms with Crippen LogP contribution in [-0.2, 0) is 19.4 Å². The number of pyridine rings is 1. The summed E-state index contributed by atoms with van der Waals surface area (Å²) in [5.41, 5.74) is 5.59. The first-order chi connectivity index (χ1) is 12.3. The molecular formula is C20H19FN4. The monoisotopic (exact) mass is 334 g/mol. The number of nitrogens with zero attached hydrogens (tertiary/aromatic N) is 4. The average Bonchev–Trinajstić information content (AvgIpc) is 2.87. The lowest BCUT2D eigenvalue weighted by atomic mass is 10.0. The van der Waals surface area contributed by atoms with E-state index < -0.39 is 0 Å². The predicted molar refractivity (Wildman–Crippen MR) is 94.3 cm³/mol. The molecular weight excluding hydrogens is 315 g/mol. The van der Waals surface area contributed by atoms with Gasteiger partial charge in [-0.05, 0) is 36.2 Å². The van der Waals surface area contributed by atoms with Crippen LogP contribution in [0.2, 0.25) is 0 Å². The molecule has 2 aromatic heterocycles. The first-order valence-electron chi connectivity index (χ1n) is 8.49. The van der Waals surface area contributed by atoms with Crippen molar-refractivity contribution in [2.75, 3.05) is 13.1 Å². The van der Waals surface area contributed by atoms with E-state index in [1.807, 2.05) is 24.3 Å². The maximum atomic E-state index is 13.1. The third-order valence-corrected chi connectivity index (χ3v) is 4.65. The molecule has 0 unspecified atom stereocenters. The van der Waals surface area contributed by atoms with Gasteiger partial charge >= 0.3 is 0 Å². The Kier molecular flexibility index (Phi) is 4.48. The molecule has 3 aromatic rings. The van der Waals surface area contributed by atoms with Crippen LogP contribution in [0.1, 0.15) is 16.8 Å². The van der Waals surface area contributed by atoms with E-state index in [4.69, 9.17) is 0 Å². The zero-order valence-corrected chi connectivity index (χ0v) is 13.9. The Labute approximate surface area is 146 Å². The molecule has 0 bridgehead atoms. The number of fused-ring (bicyclic) bond motifs is 1. The Bertz CT molecular complexity index is 849. The summed E-state index contributed by atoms with van der Waals surface area (Å²) in [4.78, 5) is 15.5. The minimum absolute atomic E-state index is 0.190. The van der Waals surface area contributed by atoms with Crippen LogP contribution in [0, 0.1) is 5.82 Å². The van der Waals surface area contributed by atoms with E-state index in [2.05, 4.69) is 19.9 Å². The highest BCUT2D eigenvalue weighted by Crippen LogP contribution is 2.25. The fraction of sp³-hybridized carbons (Fsp3) is 0.250. The summed E-state index contributed by atoms with van der Waals surface area (Å²) in [6.45, 7) is 2.71. The summed E-state index contributed by atoms with van der Waals surface area (Å²) in [5, 5.41) is 0. The fourth-order valence-electron chi connectivity index (χ4n) is 3.34. The minimum Gasteiger partial charge on any atom is -0.298 e. The van der Waals surface area contributed by atoms with Crippen molar-refractivity contribution in [1.82, 2.24) is 19.9 Å². The Balaban J connectivity index is 1.55. The van der Waals surface area contributed by atoms with Gasteiger partial charge < -0.3 is 0 Å². The highest BCUT2D eigenvalue weighted by molar-refractivity contribution is 5.63. The summed E-state index contributed by atoms with van der Waals surface area (Å²) in [6, 6.07) is 10.7. The fourth-order valence-corrected chi connectivity index (χ4v) is 3.34. The lowest BCUT2D eigenvalue weighted by Gasteiger charge is -2.19. The molecule has 5 heteroatoms. The van der Waals surface area contributed by atoms with Crippen molar-refractivity contribution in [1.29, 1.82) is 0 Å². The number of rotatable bonds is 3. The molecule has 0 radical (unpaired) electrons. The molecule has 0 aliphatic carbocycles. The van der Waals surface area contributed by atoms with Gasteiger partial charge in [0.25, 0.3) is 0 Å². The van der Waals surface area contributed by atoms with Crippen LogP contribution < -0.4 is 0 Å². The van der Waals surface area contributed by atoms with Crippen LogP contribution in [-0.4, -0.2) is 32.9 Å². The third-order valence-electron chi connectivity index (χ3n) is 4.65. The average molecular weight is 334 g/mol. The van der Waals surface area contributed by atoms with E-state index in [9.17, 15) is 4.39 Å². The second-order valence-corrected chi connectivity index (χ2v) is 6.29. The molecule has 0 atom stereocenters. The Morgan fingerprint density at radius 1 is 0.920 bits per heavy atom. The molecule has 4 rings (SSSR count). The molecule has 4 nitrogen and oxygen atoms in total. The third kappa shape index (κ3) is 3.56. The molecule has 0 N–H and O–H groups in total. The zero-order valence-electron chi connectivity index (χ0n) is 13.9. The van der Waals surface area contributed by atoms with Crippen LogP contribution in [0.25, 0.3) is 11.3 Å². The van der Waals surface area contributed by atoms with Gasteiger partial charge in [-0.1, -0.05) is 12.1 Å². The maximum absolute atomic E-state index is 13.1. The molecule has 0 saturated carbocycles. The topological polar surface area (TPSA) is 41.9 Å². The summed E-state index contributed by atoms with van der Waals surface area (Å²) in [6.07, 6.45) is 7.05. The quantitative estimate of drug-likeness (QED) is 0.737. The van der Waals surface area contributed by atoms with Gasteiger partial charge in [0, 0.05) is 55.3 Å². The van der Waals surface area contributed by atoms with Gasteiger partial charge in [0.05, 0.1) is 5.69 Å². The largest absolute Gasteiger partial charge is 0.298 e. The van der Waals surface area contributed by atoms with Crippen LogP contribution in [0.4, 0.5) is 4.39 Å². The first-order valence-corrected chi connectivity index (χ1v) is 8.49. The van der Waals surface area contributed by atoms with Crippen molar-refractivity contribution in [3.8, 4) is 11.3 Å². The molecule has 0 spiro atoms. The van der Waals surface area contributed by atoms with E-state index >= 15 is 0 Å². The van der Waals surface area contributed by atoms with Crippen molar-refractivity contribution in [2.24, 2.45) is 0 Å². The molecule has 1 aromatic carbocycles. The molecule has 25 heavy (non-hydrogen) atoms. The van der Waals surface area contributed by atoms with E-state index in [-0.39, 0.29) is 5.82 Å². The van der Waals surface area contributed by atoms with Gasteiger partial charge in [-0.25, -0.2) is 14.4 Å². The van der Waals surface area contributed by atoms with Gasteiger partial charge in [-0.3, -0.25) is 9.88 Å². The molecule has 1 aliphatic rings. The molecule has 126 valence electrons. The van der Waals surface area contributed by atoms with Crippen LogP contribution >= 0.6 is 0 Å². The molecule has 1 aliphatic heterocycles. The van der Waals surface area contributed by atoms with Gasteiger partial charge in [-0.2, -0.15) is 0 Å². The van der Waals surface area contributed by atoms with Crippen LogP contribution in [0.3, 0.4) is 0 Å². The number of hydrogen-bond donors (Lipinski definition) is 0. The second-order valence-electron chi connectivity index (χ2n) is 6.29. The molecule has 0 fully saturated rings. The highest BCUT2D eigenvalue weighted by Gasteiger charge is 2.19. The second kappa shape index (κ2) is 7.07. The maximum Gasteiger partial charge on any atom is 0.123 e. The van der Waals surface area contributed by atoms with Crippen LogP contribution in [0.15, 0.2) is 55.1 Å². The summed E-state index contributed by atoms with van der Waals surface area (Å²) < 4.78 is 13.1. The smallest absolute Gasteiger partial charge is 0.123 e. The summed E-state index contributed by atoms with van der Waals surface area (Å²) in [5.74, 6) is -0.190. The van der Waals surface area contributed by atoms with Crippen molar-refractivity contribution < 1.29 is 4.39 Å². The van der Waals surface area contributed by atoms with E-state index in [0.717, 1.165) is 55.0 Å². The molecule has 0 amide bonds. The standard InChI is InChI=1S/C20H19FN4/c21-17-3-1-15(2-4-17)13-25-11-7-18-19(8-12-25)23-14-24-20(18)16-5-9-22-10-6-16/h1-6,9-10,14H,7-8,11-13H2. The van der Waals surface area contributed by atoms with E-state index in [0.29, 0.717) is 0 Å². The Hall–Kier alpha value is -2.66. The number of halogens is 1. The van der Waals surface area contributed by atoms with Gasteiger partial charge in [-0.15, -0.1) is 0 Å². The summed E-state index contributed by atoms with van der Waals surface area (Å²) in [7, 11) is 0. The van der Waals surface area contributed by atoms with E-state index in [1.54, 1.807) is 18.7 Å². The highest BCUT2D eigenvalue weighted by atomic mass is 19.1. The predicted octanol–water partition coefficient (Wildman–Crippen LogP) is 3.28. The summed E-state index contributed by atoms with van der Waals surface area (Å²) >= 11 is 0. The molecule has 3 heterocycles. The minimum atomic E-state index is -0.190. The lowest BCUT2D eigenvalue weighted by molar-refractivity contribution is 0.279. The van der Waals surface area contributed by atoms with E-state index in [1.165, 1.54) is 17.7 Å². The van der Waals surface area contributed by atoms with Gasteiger partial charge in [0.2, 0.25) is 0 Å². The Morgan fingerprint density at radius 2 is 1.68 bits per heavy atom. The van der Waals surface area contributed by atoms with Gasteiger partial charge in [0.15, 0.2) is 0 Å². The SMILES string of the molecule is Fc1ccc(CN2CCc3ncnc(-c4ccncc4)c3CC2)cc1. The lowest BCUT2D eigenvalue weighted by Crippen LogP contribution is -2.25. The van der Waals surface area contributed by atoms with Crippen molar-refractivity contribution in [3.05, 3.63) is 77.8 Å². The van der Waals surface area contributed by atoms with Crippen molar-refractivity contribution >= 4 is 0 Å². The van der Waals surface area contributed by atoms with Crippen LogP contribution in [0.5, 0.6) is 0 Å². The normalized spacial score (nSPS) is 14.8. The van der Waals surface area contributed by atoms with Crippen molar-refractivity contribution in [3.63, 3.8) is 0 Å². The first kappa shape index (κ1) is 15.8.